The van der Waals surface area contributed by atoms with Crippen LogP contribution in [0.5, 0.6) is 0 Å². The lowest BCUT2D eigenvalue weighted by Crippen LogP contribution is -2.49. The van der Waals surface area contributed by atoms with E-state index < -0.39 is 0 Å². The van der Waals surface area contributed by atoms with E-state index in [2.05, 4.69) is 15.0 Å². The van der Waals surface area contributed by atoms with Crippen molar-refractivity contribution in [2.24, 2.45) is 7.05 Å². The van der Waals surface area contributed by atoms with E-state index >= 15 is 0 Å². The van der Waals surface area contributed by atoms with Crippen molar-refractivity contribution in [1.82, 2.24) is 24.6 Å². The van der Waals surface area contributed by atoms with Gasteiger partial charge in [-0.2, -0.15) is 5.10 Å². The Balaban J connectivity index is 1.90. The number of aliphatic hydroxyl groups excluding tert-OH is 1. The van der Waals surface area contributed by atoms with Gasteiger partial charge in [0.2, 0.25) is 0 Å². The van der Waals surface area contributed by atoms with Crippen LogP contribution >= 0.6 is 0 Å². The summed E-state index contributed by atoms with van der Waals surface area (Å²) in [5.74, 6) is 0.0419. The molecule has 1 aliphatic heterocycles. The van der Waals surface area contributed by atoms with Gasteiger partial charge >= 0.3 is 0 Å². The highest BCUT2D eigenvalue weighted by Crippen LogP contribution is 2.23. The molecule has 0 aliphatic carbocycles. The largest absolute Gasteiger partial charge is 0.395 e. The molecule has 3 rings (SSSR count). The van der Waals surface area contributed by atoms with Crippen molar-refractivity contribution < 1.29 is 9.90 Å². The number of amides is 1. The minimum atomic E-state index is 0.0419. The first-order chi connectivity index (χ1) is 11.0. The maximum atomic E-state index is 13.0. The predicted octanol–water partition coefficient (Wildman–Crippen LogP) is 0.335. The van der Waals surface area contributed by atoms with Crippen LogP contribution in [0.15, 0.2) is 6.07 Å². The molecule has 7 nitrogen and oxygen atoms in total. The summed E-state index contributed by atoms with van der Waals surface area (Å²) < 4.78 is 1.73. The van der Waals surface area contributed by atoms with Gasteiger partial charge in [0.15, 0.2) is 5.65 Å². The molecular weight excluding hydrogens is 294 g/mol. The van der Waals surface area contributed by atoms with Crippen molar-refractivity contribution >= 4 is 16.9 Å². The summed E-state index contributed by atoms with van der Waals surface area (Å²) in [7, 11) is 1.85. The van der Waals surface area contributed by atoms with Crippen LogP contribution in [0, 0.1) is 13.8 Å². The van der Waals surface area contributed by atoms with E-state index in [1.165, 1.54) is 0 Å². The molecule has 0 spiro atoms. The second-order valence-corrected chi connectivity index (χ2v) is 6.08. The first-order valence-electron chi connectivity index (χ1n) is 7.94. The molecule has 1 saturated heterocycles. The fourth-order valence-corrected chi connectivity index (χ4v) is 3.22. The number of aliphatic hydroxyl groups is 1. The normalized spacial score (nSPS) is 16.3. The van der Waals surface area contributed by atoms with Crippen molar-refractivity contribution in [2.75, 3.05) is 39.3 Å². The molecule has 0 radical (unpaired) electrons. The molecule has 124 valence electrons. The summed E-state index contributed by atoms with van der Waals surface area (Å²) in [6.07, 6.45) is 0. The van der Waals surface area contributed by atoms with Crippen LogP contribution in [-0.4, -0.2) is 74.9 Å². The Hall–Kier alpha value is -1.99. The van der Waals surface area contributed by atoms with Crippen molar-refractivity contribution in [3.8, 4) is 0 Å². The SMILES string of the molecule is Cc1cc(C(=O)N2CCN(CCO)CC2)c2c(C)nn(C)c2n1. The second-order valence-electron chi connectivity index (χ2n) is 6.08. The molecule has 0 atom stereocenters. The number of aryl methyl sites for hydroxylation is 3. The van der Waals surface area contributed by atoms with Crippen molar-refractivity contribution in [1.29, 1.82) is 0 Å². The molecule has 1 N–H and O–H groups in total. The molecule has 7 heteroatoms. The van der Waals surface area contributed by atoms with Gasteiger partial charge in [-0.05, 0) is 19.9 Å². The van der Waals surface area contributed by atoms with E-state index in [1.807, 2.05) is 31.9 Å². The van der Waals surface area contributed by atoms with E-state index in [4.69, 9.17) is 5.11 Å². The van der Waals surface area contributed by atoms with Gasteiger partial charge < -0.3 is 10.0 Å². The smallest absolute Gasteiger partial charge is 0.254 e. The topological polar surface area (TPSA) is 74.5 Å². The first kappa shape index (κ1) is 15.9. The number of pyridine rings is 1. The highest BCUT2D eigenvalue weighted by atomic mass is 16.3. The highest BCUT2D eigenvalue weighted by molar-refractivity contribution is 6.06. The molecule has 0 aromatic carbocycles. The fourth-order valence-electron chi connectivity index (χ4n) is 3.22. The number of nitrogens with zero attached hydrogens (tertiary/aromatic N) is 5. The maximum Gasteiger partial charge on any atom is 0.254 e. The Morgan fingerprint density at radius 1 is 1.26 bits per heavy atom. The number of β-amino-alcohol motifs (C(OH)–C–C–N with tert-alkyl or cyclic N) is 1. The standard InChI is InChI=1S/C16H23N5O2/c1-11-10-13(14-12(2)18-19(3)15(14)17-11)16(23)21-6-4-20(5-7-21)8-9-22/h10,22H,4-9H2,1-3H3. The zero-order valence-electron chi connectivity index (χ0n) is 13.9. The van der Waals surface area contributed by atoms with E-state index in [9.17, 15) is 4.79 Å². The van der Waals surface area contributed by atoms with E-state index in [0.29, 0.717) is 25.2 Å². The Morgan fingerprint density at radius 2 is 1.96 bits per heavy atom. The maximum absolute atomic E-state index is 13.0. The average molecular weight is 317 g/mol. The summed E-state index contributed by atoms with van der Waals surface area (Å²) in [5.41, 5.74) is 3.10. The number of carbonyl (C=O) groups excluding carboxylic acids is 1. The van der Waals surface area contributed by atoms with E-state index in [1.54, 1.807) is 4.68 Å². The molecule has 0 unspecified atom stereocenters. The summed E-state index contributed by atoms with van der Waals surface area (Å²) >= 11 is 0. The number of carbonyl (C=O) groups is 1. The van der Waals surface area contributed by atoms with Crippen LogP contribution in [0.4, 0.5) is 0 Å². The van der Waals surface area contributed by atoms with Gasteiger partial charge in [-0.3, -0.25) is 14.4 Å². The summed E-state index contributed by atoms with van der Waals surface area (Å²) in [6.45, 7) is 7.60. The molecule has 2 aromatic heterocycles. The van der Waals surface area contributed by atoms with Gasteiger partial charge in [0.25, 0.3) is 5.91 Å². The zero-order chi connectivity index (χ0) is 16.6. The molecule has 0 saturated carbocycles. The Kier molecular flexibility index (Phi) is 4.32. The van der Waals surface area contributed by atoms with Gasteiger partial charge in [0.1, 0.15) is 0 Å². The molecule has 3 heterocycles. The Bertz CT molecular complexity index is 732. The van der Waals surface area contributed by atoms with Gasteiger partial charge in [-0.1, -0.05) is 0 Å². The molecule has 1 aliphatic rings. The molecule has 2 aromatic rings. The van der Waals surface area contributed by atoms with Gasteiger partial charge in [-0.15, -0.1) is 0 Å². The van der Waals surface area contributed by atoms with Crippen molar-refractivity contribution in [3.05, 3.63) is 23.0 Å². The number of piperazine rings is 1. The number of hydrogen-bond donors (Lipinski definition) is 1. The van der Waals surface area contributed by atoms with Crippen LogP contribution in [0.1, 0.15) is 21.7 Å². The monoisotopic (exact) mass is 317 g/mol. The Labute approximate surface area is 135 Å². The highest BCUT2D eigenvalue weighted by Gasteiger charge is 2.25. The van der Waals surface area contributed by atoms with Crippen LogP contribution in [-0.2, 0) is 7.05 Å². The van der Waals surface area contributed by atoms with E-state index in [-0.39, 0.29) is 12.5 Å². The first-order valence-corrected chi connectivity index (χ1v) is 7.94. The molecular formula is C16H23N5O2. The summed E-state index contributed by atoms with van der Waals surface area (Å²) in [5, 5.41) is 14.3. The number of rotatable bonds is 3. The summed E-state index contributed by atoms with van der Waals surface area (Å²) in [4.78, 5) is 21.6. The minimum absolute atomic E-state index is 0.0419. The predicted molar refractivity (Wildman–Crippen MR) is 87.4 cm³/mol. The number of hydrogen-bond acceptors (Lipinski definition) is 5. The third-order valence-electron chi connectivity index (χ3n) is 4.40. The summed E-state index contributed by atoms with van der Waals surface area (Å²) in [6, 6.07) is 1.86. The zero-order valence-corrected chi connectivity index (χ0v) is 13.9. The lowest BCUT2D eigenvalue weighted by atomic mass is 10.1. The van der Waals surface area contributed by atoms with E-state index in [0.717, 1.165) is 35.5 Å². The van der Waals surface area contributed by atoms with Gasteiger partial charge in [0.05, 0.1) is 23.3 Å². The lowest BCUT2D eigenvalue weighted by Gasteiger charge is -2.34. The van der Waals surface area contributed by atoms with Crippen LogP contribution in [0.25, 0.3) is 11.0 Å². The van der Waals surface area contributed by atoms with Crippen LogP contribution in [0.2, 0.25) is 0 Å². The fraction of sp³-hybridized carbons (Fsp3) is 0.562. The second kappa shape index (κ2) is 6.25. The van der Waals surface area contributed by atoms with Crippen molar-refractivity contribution in [2.45, 2.75) is 13.8 Å². The average Bonchev–Trinajstić information content (AvgIpc) is 2.81. The molecule has 1 fully saturated rings. The Morgan fingerprint density at radius 3 is 2.61 bits per heavy atom. The molecule has 0 bridgehead atoms. The molecule has 1 amide bonds. The van der Waals surface area contributed by atoms with Crippen LogP contribution in [0.3, 0.4) is 0 Å². The number of aromatic nitrogens is 3. The van der Waals surface area contributed by atoms with Crippen LogP contribution < -0.4 is 0 Å². The lowest BCUT2D eigenvalue weighted by molar-refractivity contribution is 0.0616. The van der Waals surface area contributed by atoms with Gasteiger partial charge in [0, 0.05) is 45.5 Å². The minimum Gasteiger partial charge on any atom is -0.395 e. The quantitative estimate of drug-likeness (QED) is 0.883. The molecule has 23 heavy (non-hydrogen) atoms. The third-order valence-corrected chi connectivity index (χ3v) is 4.40. The number of fused-ring (bicyclic) bond motifs is 1. The third kappa shape index (κ3) is 2.94. The van der Waals surface area contributed by atoms with Gasteiger partial charge in [-0.25, -0.2) is 4.98 Å². The van der Waals surface area contributed by atoms with Crippen molar-refractivity contribution in [3.63, 3.8) is 0 Å².